The first-order valence-corrected chi connectivity index (χ1v) is 8.31. The van der Waals surface area contributed by atoms with Crippen LogP contribution in [0.1, 0.15) is 10.4 Å². The lowest BCUT2D eigenvalue weighted by atomic mass is 10.1. The summed E-state index contributed by atoms with van der Waals surface area (Å²) in [4.78, 5) is 26.1. The molecule has 0 aliphatic heterocycles. The first-order valence-electron chi connectivity index (χ1n) is 6.46. The lowest BCUT2D eigenvalue weighted by Crippen LogP contribution is -2.35. The van der Waals surface area contributed by atoms with Crippen molar-refractivity contribution in [2.45, 2.75) is 0 Å². The van der Waals surface area contributed by atoms with Crippen LogP contribution in [0.2, 0.25) is 0 Å². The molecular weight excluding hydrogens is 322 g/mol. The lowest BCUT2D eigenvalue weighted by Gasteiger charge is -2.20. The summed E-state index contributed by atoms with van der Waals surface area (Å²) in [7, 11) is -3.91. The number of carbonyl (C=O) groups excluding carboxylic acids is 1. The smallest absolute Gasteiger partial charge is 0.358 e. The molecule has 0 spiro atoms. The van der Waals surface area contributed by atoms with Crippen molar-refractivity contribution in [3.63, 3.8) is 0 Å². The topological polar surface area (TPSA) is 110 Å². The molecule has 0 radical (unpaired) electrons. The third kappa shape index (κ3) is 3.89. The van der Waals surface area contributed by atoms with Crippen LogP contribution in [0.5, 0.6) is 0 Å². The fraction of sp³-hybridized carbons (Fsp3) is 0.143. The summed E-state index contributed by atoms with van der Waals surface area (Å²) in [5.74, 6) is -1.10. The summed E-state index contributed by atoms with van der Waals surface area (Å²) >= 11 is 0. The molecule has 0 atom stereocenters. The standard InChI is InChI=1S/C14H13N3O5S/c1-23(21,22)16(10-13(18)11-6-3-2-4-7-11)12-8-5-9-15-14(12)17(19)20/h2-9H,10H2,1H3. The van der Waals surface area contributed by atoms with Crippen LogP contribution < -0.4 is 4.31 Å². The highest BCUT2D eigenvalue weighted by molar-refractivity contribution is 7.92. The quantitative estimate of drug-likeness (QED) is 0.451. The van der Waals surface area contributed by atoms with Gasteiger partial charge in [0.25, 0.3) is 0 Å². The van der Waals surface area contributed by atoms with Crippen molar-refractivity contribution < 1.29 is 18.1 Å². The minimum atomic E-state index is -3.91. The second-order valence-electron chi connectivity index (χ2n) is 4.66. The average Bonchev–Trinajstić information content (AvgIpc) is 2.52. The summed E-state index contributed by atoms with van der Waals surface area (Å²) in [5.41, 5.74) is 0.0666. The number of ketones is 1. The number of carbonyl (C=O) groups is 1. The number of Topliss-reactive ketones (excluding diaryl/α,β-unsaturated/α-hetero) is 1. The first kappa shape index (κ1) is 16.6. The first-order chi connectivity index (χ1) is 10.8. The maximum atomic E-state index is 12.3. The van der Waals surface area contributed by atoms with Gasteiger partial charge in [0.2, 0.25) is 10.0 Å². The van der Waals surface area contributed by atoms with E-state index in [-0.39, 0.29) is 5.69 Å². The van der Waals surface area contributed by atoms with E-state index in [1.807, 2.05) is 0 Å². The van der Waals surface area contributed by atoms with Crippen LogP contribution in [0.4, 0.5) is 11.5 Å². The van der Waals surface area contributed by atoms with Gasteiger partial charge in [-0.2, -0.15) is 0 Å². The van der Waals surface area contributed by atoms with Crippen LogP contribution in [-0.4, -0.2) is 36.9 Å². The second-order valence-corrected chi connectivity index (χ2v) is 6.57. The van der Waals surface area contributed by atoms with Crippen LogP contribution >= 0.6 is 0 Å². The minimum absolute atomic E-state index is 0.246. The molecule has 2 aromatic rings. The van der Waals surface area contributed by atoms with Crippen molar-refractivity contribution >= 4 is 27.3 Å². The highest BCUT2D eigenvalue weighted by Gasteiger charge is 2.28. The van der Waals surface area contributed by atoms with Crippen molar-refractivity contribution in [3.05, 3.63) is 64.3 Å². The van der Waals surface area contributed by atoms with E-state index in [0.717, 1.165) is 6.26 Å². The molecule has 23 heavy (non-hydrogen) atoms. The van der Waals surface area contributed by atoms with Gasteiger partial charge in [0, 0.05) is 5.56 Å². The Balaban J connectivity index is 2.44. The Morgan fingerprint density at radius 3 is 2.43 bits per heavy atom. The van der Waals surface area contributed by atoms with Gasteiger partial charge in [0.15, 0.2) is 5.78 Å². The SMILES string of the molecule is CS(=O)(=O)N(CC(=O)c1ccccc1)c1cccnc1[N+](=O)[O-]. The maximum absolute atomic E-state index is 12.3. The van der Waals surface area contributed by atoms with E-state index in [0.29, 0.717) is 9.87 Å². The van der Waals surface area contributed by atoms with E-state index in [2.05, 4.69) is 4.98 Å². The Labute approximate surface area is 132 Å². The zero-order valence-corrected chi connectivity index (χ0v) is 12.9. The van der Waals surface area contributed by atoms with Crippen molar-refractivity contribution in [1.29, 1.82) is 0 Å². The molecular formula is C14H13N3O5S. The summed E-state index contributed by atoms with van der Waals surface area (Å²) in [6.45, 7) is -0.546. The Morgan fingerprint density at radius 2 is 1.87 bits per heavy atom. The average molecular weight is 335 g/mol. The molecule has 9 heteroatoms. The fourth-order valence-corrected chi connectivity index (χ4v) is 2.80. The number of nitro groups is 1. The molecule has 0 saturated heterocycles. The van der Waals surface area contributed by atoms with E-state index < -0.39 is 33.1 Å². The molecule has 1 aromatic heterocycles. The van der Waals surface area contributed by atoms with E-state index >= 15 is 0 Å². The molecule has 8 nitrogen and oxygen atoms in total. The number of sulfonamides is 1. The van der Waals surface area contributed by atoms with Crippen LogP contribution in [0, 0.1) is 10.1 Å². The molecule has 2 rings (SSSR count). The third-order valence-corrected chi connectivity index (χ3v) is 4.12. The van der Waals surface area contributed by atoms with Crippen molar-refractivity contribution in [2.75, 3.05) is 17.1 Å². The van der Waals surface area contributed by atoms with Gasteiger partial charge in [-0.3, -0.25) is 9.10 Å². The summed E-state index contributed by atoms with van der Waals surface area (Å²) in [6.07, 6.45) is 2.06. The molecule has 0 amide bonds. The number of benzene rings is 1. The van der Waals surface area contributed by atoms with Crippen LogP contribution in [0.3, 0.4) is 0 Å². The monoisotopic (exact) mass is 335 g/mol. The van der Waals surface area contributed by atoms with Crippen LogP contribution in [0.15, 0.2) is 48.7 Å². The van der Waals surface area contributed by atoms with Gasteiger partial charge >= 0.3 is 5.82 Å². The van der Waals surface area contributed by atoms with Crippen LogP contribution in [-0.2, 0) is 10.0 Å². The summed E-state index contributed by atoms with van der Waals surface area (Å²) in [6, 6.07) is 10.7. The van der Waals surface area contributed by atoms with Crippen LogP contribution in [0.25, 0.3) is 0 Å². The molecule has 0 bridgehead atoms. The minimum Gasteiger partial charge on any atom is -0.358 e. The number of hydrogen-bond acceptors (Lipinski definition) is 6. The second kappa shape index (κ2) is 6.53. The lowest BCUT2D eigenvalue weighted by molar-refractivity contribution is -0.388. The molecule has 0 N–H and O–H groups in total. The fourth-order valence-electron chi connectivity index (χ4n) is 1.95. The Kier molecular flexibility index (Phi) is 4.70. The largest absolute Gasteiger partial charge is 0.388 e. The molecule has 0 fully saturated rings. The highest BCUT2D eigenvalue weighted by Crippen LogP contribution is 2.27. The number of rotatable bonds is 6. The Bertz CT molecular complexity index is 837. The molecule has 1 aromatic carbocycles. The molecule has 0 aliphatic carbocycles. The van der Waals surface area contributed by atoms with Crippen molar-refractivity contribution in [1.82, 2.24) is 4.98 Å². The van der Waals surface area contributed by atoms with Gasteiger partial charge < -0.3 is 10.1 Å². The zero-order valence-electron chi connectivity index (χ0n) is 12.1. The molecule has 0 unspecified atom stereocenters. The van der Waals surface area contributed by atoms with Gasteiger partial charge in [0.05, 0.1) is 12.8 Å². The Morgan fingerprint density at radius 1 is 1.22 bits per heavy atom. The summed E-state index contributed by atoms with van der Waals surface area (Å²) in [5, 5.41) is 11.0. The van der Waals surface area contributed by atoms with Gasteiger partial charge in [-0.15, -0.1) is 0 Å². The molecule has 0 aliphatic rings. The number of pyridine rings is 1. The predicted molar refractivity (Wildman–Crippen MR) is 83.9 cm³/mol. The zero-order chi connectivity index (χ0) is 17.0. The molecule has 1 heterocycles. The van der Waals surface area contributed by atoms with E-state index in [1.165, 1.54) is 18.3 Å². The third-order valence-electron chi connectivity index (χ3n) is 2.99. The van der Waals surface area contributed by atoms with Crippen molar-refractivity contribution in [3.8, 4) is 0 Å². The van der Waals surface area contributed by atoms with Gasteiger partial charge in [-0.05, 0) is 22.0 Å². The van der Waals surface area contributed by atoms with E-state index in [1.54, 1.807) is 30.3 Å². The van der Waals surface area contributed by atoms with E-state index in [9.17, 15) is 23.3 Å². The predicted octanol–water partition coefficient (Wildman–Crippen LogP) is 1.64. The molecule has 0 saturated carbocycles. The van der Waals surface area contributed by atoms with Gasteiger partial charge in [-0.25, -0.2) is 8.42 Å². The summed E-state index contributed by atoms with van der Waals surface area (Å²) < 4.78 is 24.7. The number of nitrogens with zero attached hydrogens (tertiary/aromatic N) is 3. The van der Waals surface area contributed by atoms with E-state index in [4.69, 9.17) is 0 Å². The maximum Gasteiger partial charge on any atom is 0.388 e. The highest BCUT2D eigenvalue weighted by atomic mass is 32.2. The normalized spacial score (nSPS) is 11.0. The van der Waals surface area contributed by atoms with Gasteiger partial charge in [-0.1, -0.05) is 30.3 Å². The number of anilines is 1. The molecule has 120 valence electrons. The number of aromatic nitrogens is 1. The number of hydrogen-bond donors (Lipinski definition) is 0. The van der Waals surface area contributed by atoms with Crippen molar-refractivity contribution in [2.24, 2.45) is 0 Å². The van der Waals surface area contributed by atoms with Gasteiger partial charge in [0.1, 0.15) is 11.9 Å². The Hall–Kier alpha value is -2.81.